The summed E-state index contributed by atoms with van der Waals surface area (Å²) in [5.41, 5.74) is 3.28. The third kappa shape index (κ3) is 4.46. The Kier molecular flexibility index (Phi) is 5.86. The van der Waals surface area contributed by atoms with Gasteiger partial charge in [-0.1, -0.05) is 36.0 Å². The highest BCUT2D eigenvalue weighted by atomic mass is 32.2. The number of carbonyl (C=O) groups is 1. The smallest absolute Gasteiger partial charge is 0.230 e. The number of benzene rings is 2. The van der Waals surface area contributed by atoms with Crippen LogP contribution in [0.1, 0.15) is 5.56 Å². The highest BCUT2D eigenvalue weighted by Gasteiger charge is 2.10. The van der Waals surface area contributed by atoms with Gasteiger partial charge in [0, 0.05) is 42.1 Å². The molecule has 7 heteroatoms. The number of thioether (sulfide) groups is 1. The molecule has 2 N–H and O–H groups in total. The molecule has 148 valence electrons. The van der Waals surface area contributed by atoms with E-state index in [0.717, 1.165) is 28.5 Å². The zero-order valence-electron chi connectivity index (χ0n) is 16.1. The summed E-state index contributed by atoms with van der Waals surface area (Å²) in [6.45, 7) is 0.603. The quantitative estimate of drug-likeness (QED) is 0.437. The third-order valence-electron chi connectivity index (χ3n) is 4.66. The number of carbonyl (C=O) groups excluding carboxylic acids is 1. The first-order valence-electron chi connectivity index (χ1n) is 9.37. The van der Waals surface area contributed by atoms with Crippen molar-refractivity contribution < 1.29 is 9.53 Å². The van der Waals surface area contributed by atoms with E-state index in [9.17, 15) is 4.79 Å². The van der Waals surface area contributed by atoms with Gasteiger partial charge in [-0.15, -0.1) is 0 Å². The third-order valence-corrected chi connectivity index (χ3v) is 5.63. The summed E-state index contributed by atoms with van der Waals surface area (Å²) in [7, 11) is 1.64. The summed E-state index contributed by atoms with van der Waals surface area (Å²) in [6.07, 6.45) is 6.41. The number of rotatable bonds is 8. The summed E-state index contributed by atoms with van der Waals surface area (Å²) < 4.78 is 7.24. The Bertz CT molecular complexity index is 1120. The van der Waals surface area contributed by atoms with E-state index in [1.807, 2.05) is 53.4 Å². The topological polar surface area (TPSA) is 71.9 Å². The van der Waals surface area contributed by atoms with E-state index in [2.05, 4.69) is 27.4 Å². The first-order chi connectivity index (χ1) is 14.2. The van der Waals surface area contributed by atoms with Crippen LogP contribution in [-0.4, -0.2) is 39.8 Å². The van der Waals surface area contributed by atoms with E-state index in [-0.39, 0.29) is 5.91 Å². The molecule has 1 amide bonds. The van der Waals surface area contributed by atoms with Crippen LogP contribution in [0.15, 0.2) is 72.3 Å². The minimum Gasteiger partial charge on any atom is -0.497 e. The Morgan fingerprint density at radius 2 is 2.14 bits per heavy atom. The lowest BCUT2D eigenvalue weighted by Gasteiger charge is -2.09. The molecule has 0 fully saturated rings. The monoisotopic (exact) mass is 406 g/mol. The molecule has 0 aliphatic carbocycles. The number of ether oxygens (including phenoxy) is 1. The summed E-state index contributed by atoms with van der Waals surface area (Å²) >= 11 is 1.41. The van der Waals surface area contributed by atoms with Crippen LogP contribution in [-0.2, 0) is 11.2 Å². The fraction of sp³-hybridized carbons (Fsp3) is 0.182. The predicted molar refractivity (Wildman–Crippen MR) is 116 cm³/mol. The van der Waals surface area contributed by atoms with Crippen LogP contribution in [0.2, 0.25) is 0 Å². The molecule has 0 aliphatic heterocycles. The van der Waals surface area contributed by atoms with Gasteiger partial charge in [0.1, 0.15) is 5.75 Å². The molecule has 0 radical (unpaired) electrons. The van der Waals surface area contributed by atoms with Gasteiger partial charge in [0.15, 0.2) is 5.16 Å². The Labute approximate surface area is 173 Å². The van der Waals surface area contributed by atoms with Gasteiger partial charge in [0.2, 0.25) is 5.91 Å². The zero-order valence-corrected chi connectivity index (χ0v) is 16.9. The van der Waals surface area contributed by atoms with Crippen molar-refractivity contribution in [1.82, 2.24) is 19.9 Å². The molecule has 0 saturated heterocycles. The number of nitrogens with zero attached hydrogens (tertiary/aromatic N) is 2. The Hall–Kier alpha value is -3.19. The second-order valence-electron chi connectivity index (χ2n) is 6.53. The first-order valence-corrected chi connectivity index (χ1v) is 10.4. The van der Waals surface area contributed by atoms with E-state index < -0.39 is 0 Å². The number of methoxy groups -OCH3 is 1. The molecule has 2 aromatic carbocycles. The highest BCUT2D eigenvalue weighted by Crippen LogP contribution is 2.23. The molecule has 2 heterocycles. The largest absolute Gasteiger partial charge is 0.497 e. The average Bonchev–Trinajstić information content (AvgIpc) is 3.39. The second kappa shape index (κ2) is 8.87. The molecule has 4 aromatic rings. The van der Waals surface area contributed by atoms with Crippen molar-refractivity contribution in [3.8, 4) is 11.4 Å². The molecule has 2 aromatic heterocycles. The summed E-state index contributed by atoms with van der Waals surface area (Å²) in [5.74, 6) is 1.09. The number of aromatic nitrogens is 3. The number of hydrogen-bond acceptors (Lipinski definition) is 4. The van der Waals surface area contributed by atoms with Crippen molar-refractivity contribution in [3.05, 3.63) is 72.7 Å². The molecule has 0 bridgehead atoms. The Balaban J connectivity index is 1.31. The van der Waals surface area contributed by atoms with Crippen molar-refractivity contribution >= 4 is 28.6 Å². The van der Waals surface area contributed by atoms with Crippen molar-refractivity contribution in [2.75, 3.05) is 19.4 Å². The molecule has 0 saturated carbocycles. The predicted octanol–water partition coefficient (Wildman–Crippen LogP) is 3.81. The molecule has 29 heavy (non-hydrogen) atoms. The van der Waals surface area contributed by atoms with E-state index in [1.165, 1.54) is 22.7 Å². The van der Waals surface area contributed by atoms with Crippen LogP contribution in [0.4, 0.5) is 0 Å². The van der Waals surface area contributed by atoms with Gasteiger partial charge in [-0.25, -0.2) is 4.98 Å². The fourth-order valence-electron chi connectivity index (χ4n) is 3.21. The lowest BCUT2D eigenvalue weighted by atomic mass is 10.1. The van der Waals surface area contributed by atoms with Crippen LogP contribution in [0.25, 0.3) is 16.6 Å². The molecule has 4 rings (SSSR count). The zero-order chi connectivity index (χ0) is 20.1. The van der Waals surface area contributed by atoms with E-state index in [1.54, 1.807) is 13.3 Å². The second-order valence-corrected chi connectivity index (χ2v) is 7.47. The Morgan fingerprint density at radius 1 is 1.24 bits per heavy atom. The maximum atomic E-state index is 12.3. The fourth-order valence-corrected chi connectivity index (χ4v) is 4.01. The molecule has 0 aliphatic rings. The van der Waals surface area contributed by atoms with Crippen LogP contribution < -0.4 is 10.1 Å². The van der Waals surface area contributed by atoms with E-state index in [0.29, 0.717) is 12.3 Å². The maximum Gasteiger partial charge on any atom is 0.230 e. The lowest BCUT2D eigenvalue weighted by molar-refractivity contribution is -0.118. The van der Waals surface area contributed by atoms with E-state index in [4.69, 9.17) is 4.74 Å². The number of H-pyrrole nitrogens is 1. The number of fused-ring (bicyclic) bond motifs is 1. The van der Waals surface area contributed by atoms with Gasteiger partial charge >= 0.3 is 0 Å². The van der Waals surface area contributed by atoms with Gasteiger partial charge in [0.05, 0.1) is 18.6 Å². The molecule has 0 atom stereocenters. The molecular weight excluding hydrogens is 384 g/mol. The van der Waals surface area contributed by atoms with Crippen LogP contribution >= 0.6 is 11.8 Å². The normalized spacial score (nSPS) is 10.9. The SMILES string of the molecule is COc1cccc(-n2ccnc2SCC(=O)NCCc2c[nH]c3ccccc23)c1. The van der Waals surface area contributed by atoms with Crippen molar-refractivity contribution in [2.24, 2.45) is 0 Å². The Morgan fingerprint density at radius 3 is 3.03 bits per heavy atom. The van der Waals surface area contributed by atoms with Crippen molar-refractivity contribution in [2.45, 2.75) is 11.6 Å². The minimum atomic E-state index is -0.00460. The van der Waals surface area contributed by atoms with Gasteiger partial charge < -0.3 is 15.0 Å². The number of para-hydroxylation sites is 1. The number of amides is 1. The standard InChI is InChI=1S/C22H22N4O2S/c1-28-18-6-4-5-17(13-18)26-12-11-24-22(26)29-15-21(27)23-10-9-16-14-25-20-8-3-2-7-19(16)20/h2-8,11-14,25H,9-10,15H2,1H3,(H,23,27). The average molecular weight is 407 g/mol. The van der Waals surface area contributed by atoms with Gasteiger partial charge in [0.25, 0.3) is 0 Å². The first kappa shape index (κ1) is 19.1. The number of hydrogen-bond donors (Lipinski definition) is 2. The number of imidazole rings is 1. The van der Waals surface area contributed by atoms with Crippen LogP contribution in [0, 0.1) is 0 Å². The molecular formula is C22H22N4O2S. The lowest BCUT2D eigenvalue weighted by Crippen LogP contribution is -2.27. The maximum absolute atomic E-state index is 12.3. The minimum absolute atomic E-state index is 0.00460. The number of aromatic amines is 1. The number of nitrogens with one attached hydrogen (secondary N) is 2. The van der Waals surface area contributed by atoms with Gasteiger partial charge in [-0.05, 0) is 30.2 Å². The molecule has 0 unspecified atom stereocenters. The summed E-state index contributed by atoms with van der Waals surface area (Å²) in [4.78, 5) is 19.9. The van der Waals surface area contributed by atoms with Crippen LogP contribution in [0.3, 0.4) is 0 Å². The van der Waals surface area contributed by atoms with Gasteiger partial charge in [-0.2, -0.15) is 0 Å². The van der Waals surface area contributed by atoms with E-state index >= 15 is 0 Å². The van der Waals surface area contributed by atoms with Gasteiger partial charge in [-0.3, -0.25) is 9.36 Å². The highest BCUT2D eigenvalue weighted by molar-refractivity contribution is 7.99. The summed E-state index contributed by atoms with van der Waals surface area (Å²) in [5, 5.41) is 4.97. The van der Waals surface area contributed by atoms with Crippen molar-refractivity contribution in [3.63, 3.8) is 0 Å². The van der Waals surface area contributed by atoms with Crippen LogP contribution in [0.5, 0.6) is 5.75 Å². The molecule has 0 spiro atoms. The summed E-state index contributed by atoms with van der Waals surface area (Å²) in [6, 6.07) is 15.9. The molecule has 6 nitrogen and oxygen atoms in total. The van der Waals surface area contributed by atoms with Crippen molar-refractivity contribution in [1.29, 1.82) is 0 Å².